The quantitative estimate of drug-likeness (QED) is 0.0542. The third kappa shape index (κ3) is 18.2. The van der Waals surface area contributed by atoms with Crippen LogP contribution < -0.4 is 45.5 Å². The molecule has 0 aromatic carbocycles. The van der Waals surface area contributed by atoms with Crippen molar-refractivity contribution >= 4 is 184 Å². The molecule has 6 bridgehead atoms. The number of aliphatic hydroxyl groups excluding tert-OH is 4. The normalized spacial score (nSPS) is 37.5. The minimum absolute atomic E-state index is 0.0244. The van der Waals surface area contributed by atoms with Crippen LogP contribution in [-0.4, -0.2) is 297 Å². The van der Waals surface area contributed by atoms with E-state index < -0.39 is 242 Å². The fourth-order valence-corrected chi connectivity index (χ4v) is 25.4. The second-order valence-corrected chi connectivity index (χ2v) is 44.5. The van der Waals surface area contributed by atoms with Gasteiger partial charge in [-0.3, -0.25) is 56.0 Å². The first-order valence-electron chi connectivity index (χ1n) is 39.8. The SMILES string of the molecule is Nc1ccnc2c1ncn2[C@@H]1O[C@@H]2COP(=O)(O)C[C@@H]3[C@H](O)[C@@H](COP(=O)(O)O[C@H]2[C@H]1F)O[C@H]3n1cnc2c(N)ncnc21.Nc1nc2c(nnn2[C@@H]2O[C@@H]3COP(O)(=S)O[C@H]4C[C@H](n5ccc6c(N)ccnc65)O[C@@H]4COP(=O)(S)C[C@@H]2[C@@H]3O)c(=O)[nH]1.[B]P1(=O)C[C@@H]2[C@H](O)[C@@H](COP([BH3-])(=O)O[C@H]3[C@@H](O)[C@H](n4cnc5c(N)ccnc54)O[C@@H]3CO1)O[C@H]2n1cnc2c(=O)[nH]c(N)nc21. The molecule has 12 aromatic heterocycles. The Morgan fingerprint density at radius 3 is 1.67 bits per heavy atom. The van der Waals surface area contributed by atoms with E-state index in [1.807, 2.05) is 6.07 Å². The second kappa shape index (κ2) is 35.7. The lowest BCUT2D eigenvalue weighted by Gasteiger charge is -2.29. The number of aliphatic hydroxyl groups is 4. The highest BCUT2D eigenvalue weighted by Gasteiger charge is 2.57. The number of anilines is 6. The van der Waals surface area contributed by atoms with Gasteiger partial charge in [-0.05, 0) is 36.1 Å². The number of aromatic nitrogens is 21. The summed E-state index contributed by atoms with van der Waals surface area (Å²) in [6.45, 7) is -10.6. The molecule has 9 aliphatic heterocycles. The van der Waals surface area contributed by atoms with E-state index in [1.165, 1.54) is 68.4 Å². The van der Waals surface area contributed by atoms with Gasteiger partial charge in [-0.15, -0.1) is 5.10 Å². The Kier molecular flexibility index (Phi) is 25.0. The number of pyridine rings is 3. The van der Waals surface area contributed by atoms with Gasteiger partial charge in [0.15, 0.2) is 69.9 Å². The van der Waals surface area contributed by atoms with Gasteiger partial charge in [-0.2, -0.15) is 14.6 Å². The number of imidazole rings is 4. The van der Waals surface area contributed by atoms with Crippen molar-refractivity contribution in [1.82, 2.24) is 103 Å². The van der Waals surface area contributed by atoms with Crippen LogP contribution in [0.5, 0.6) is 0 Å². The Morgan fingerprint density at radius 1 is 0.489 bits per heavy atom. The average molecular weight is 2010 g/mol. The lowest BCUT2D eigenvalue weighted by molar-refractivity contribution is -0.0557. The highest BCUT2D eigenvalue weighted by atomic mass is 32.7. The molecule has 21 N–H and O–H groups in total. The zero-order valence-electron chi connectivity index (χ0n) is 67.4. The number of rotatable bonds is 6. The van der Waals surface area contributed by atoms with Gasteiger partial charge in [-0.25, -0.2) is 53.8 Å². The van der Waals surface area contributed by atoms with Gasteiger partial charge in [0, 0.05) is 72.4 Å². The lowest BCUT2D eigenvalue weighted by Crippen LogP contribution is -2.36. The van der Waals surface area contributed by atoms with E-state index >= 15 is 4.39 Å². The summed E-state index contributed by atoms with van der Waals surface area (Å²) >= 11 is 9.65. The number of phosphoric ester groups is 1. The van der Waals surface area contributed by atoms with Gasteiger partial charge in [0.05, 0.1) is 114 Å². The standard InChI is InChI=1S/C22H28B2N9O10P2.C22H26FN9O10P2.C22H27N9O9P2S2/c23-44(37)5-8-14(34)10(41-20(8)33-7-29-13-18(33)30-22(26)31-19(13)36)3-40-45(24,38)43-16-11(4-39-44)42-21(15(16)35)32-6-28-12-9(25)1-2-27-17(12)32;23-13-17-12(41-22(13)32-7-29-14-10(24)1-2-26-19(14)32)4-38-43(34,35)5-9-16(33)11(3-39-44(36,37)42-17)40-21(9)31-8-30-15-18(25)27-6-28-20(15)31;23-11-1-3-25-18-9(11)2-4-30(18)15-5-12-13(38-15)6-36-41(34,43)8-10-17(32)14(7-37-42(35,44)40-12)39-21(10)31-19-16(28-29-31)20(33)27-22(24)26-19/h1-2,6-8,10-11,14-16,20-21,34-35H,3-5H2,24H3,(H2,25,27)(H3,26,30,31,36);1-2,6-9,11-13,16-17,21-22,33H,3-5H2,(H2,24,26)(H,34,35)(H,36,37)(H2,25,27,28);1-4,10,12-15,17,21,32H,5-8H2,(H2,23,25)(H,34,43)(H,35,44)(H3,24,26,27,33)/q-1;;/t8-,10-,11-,14+,15-,16-,20-,21-,44?,45?;9-,11-,12-,13-,16+,17-,21-,22-;10-,12+,13-,14-,15-,17+,21-,41?,42?/m111/s1. The molecule has 56 nitrogen and oxygen atoms in total. The minimum Gasteiger partial charge on any atom is -0.398 e. The van der Waals surface area contributed by atoms with Crippen molar-refractivity contribution in [1.29, 1.82) is 0 Å². The molecular formula is C66H81B2FN27O29P6S2-. The summed E-state index contributed by atoms with van der Waals surface area (Å²) in [4.78, 5) is 108. The van der Waals surface area contributed by atoms with Crippen molar-refractivity contribution in [2.45, 2.75) is 129 Å². The summed E-state index contributed by atoms with van der Waals surface area (Å²) in [5.74, 6) is -3.38. The number of thiol groups is 1. The second-order valence-electron chi connectivity index (χ2n) is 31.7. The molecule has 710 valence electrons. The summed E-state index contributed by atoms with van der Waals surface area (Å²) in [5, 5.41) is 53.6. The summed E-state index contributed by atoms with van der Waals surface area (Å²) in [7, 11) is -12.4. The van der Waals surface area contributed by atoms with E-state index in [1.54, 1.807) is 29.1 Å². The molecule has 0 amide bonds. The molecular weight excluding hydrogens is 1930 g/mol. The molecule has 21 heterocycles. The van der Waals surface area contributed by atoms with Gasteiger partial charge in [0.2, 0.25) is 19.5 Å². The van der Waals surface area contributed by atoms with Crippen LogP contribution in [0.3, 0.4) is 0 Å². The average Bonchev–Trinajstić information content (AvgIpc) is 1.62. The predicted octanol–water partition coefficient (Wildman–Crippen LogP) is -0.945. The third-order valence-electron chi connectivity index (χ3n) is 23.3. The lowest BCUT2D eigenvalue weighted by atomic mass is 10.0. The molecule has 12 aromatic rings. The van der Waals surface area contributed by atoms with Crippen LogP contribution in [0.15, 0.2) is 90.3 Å². The first kappa shape index (κ1) is 93.3. The van der Waals surface area contributed by atoms with E-state index in [-0.39, 0.29) is 93.9 Å². The first-order chi connectivity index (χ1) is 63.1. The maximum absolute atomic E-state index is 15.9. The number of H-pyrrole nitrogens is 2. The van der Waals surface area contributed by atoms with E-state index in [0.29, 0.717) is 28.2 Å². The van der Waals surface area contributed by atoms with Crippen LogP contribution in [0, 0.1) is 17.8 Å². The Balaban J connectivity index is 0.000000129. The van der Waals surface area contributed by atoms with Crippen LogP contribution in [0.2, 0.25) is 0 Å². The topological polar surface area (TPSA) is 784 Å². The molecule has 0 saturated carbocycles. The molecule has 9 aliphatic rings. The largest absolute Gasteiger partial charge is 0.472 e. The van der Waals surface area contributed by atoms with Crippen molar-refractivity contribution < 1.29 is 131 Å². The van der Waals surface area contributed by atoms with Gasteiger partial charge < -0.3 is 143 Å². The molecule has 9 saturated heterocycles. The smallest absolute Gasteiger partial charge is 0.398 e. The molecule has 0 aliphatic carbocycles. The fraction of sp³-hybridized carbons (Fsp3) is 0.500. The molecule has 2 radical (unpaired) electrons. The molecule has 6 unspecified atom stereocenters. The molecule has 0 spiro atoms. The van der Waals surface area contributed by atoms with Crippen molar-refractivity contribution in [3.05, 3.63) is 101 Å². The minimum atomic E-state index is -5.05. The summed E-state index contributed by atoms with van der Waals surface area (Å²) in [6, 6.07) is 6.58. The highest BCUT2D eigenvalue weighted by Crippen LogP contribution is 2.61. The molecule has 29 atom stereocenters. The van der Waals surface area contributed by atoms with E-state index in [0.717, 1.165) is 10.1 Å². The van der Waals surface area contributed by atoms with Crippen LogP contribution in [-0.2, 0) is 104 Å². The number of nitrogens with one attached hydrogen (secondary N) is 2. The number of ether oxygens (including phenoxy) is 6. The maximum Gasteiger partial charge on any atom is 0.472 e. The van der Waals surface area contributed by atoms with Gasteiger partial charge in [0.1, 0.15) is 117 Å². The van der Waals surface area contributed by atoms with Crippen molar-refractivity contribution in [2.75, 3.05) is 92.5 Å². The molecule has 133 heavy (non-hydrogen) atoms. The molecule has 9 fully saturated rings. The van der Waals surface area contributed by atoms with E-state index in [4.69, 9.17) is 123 Å². The number of nitrogen functional groups attached to an aromatic ring is 6. The van der Waals surface area contributed by atoms with Crippen LogP contribution in [0.25, 0.3) is 66.9 Å². The summed E-state index contributed by atoms with van der Waals surface area (Å²) in [5.41, 5.74) is 37.4. The van der Waals surface area contributed by atoms with Gasteiger partial charge in [0.25, 0.3) is 17.7 Å². The first-order valence-corrected chi connectivity index (χ1v) is 51.5. The number of halogens is 1. The Morgan fingerprint density at radius 2 is 1.00 bits per heavy atom. The zero-order chi connectivity index (χ0) is 93.8. The van der Waals surface area contributed by atoms with Crippen LogP contribution in [0.4, 0.5) is 39.2 Å². The Labute approximate surface area is 755 Å². The Bertz CT molecular complexity index is 6960. The Hall–Kier alpha value is -8.76. The summed E-state index contributed by atoms with van der Waals surface area (Å²) in [6.07, 6.45) is -13.5. The summed E-state index contributed by atoms with van der Waals surface area (Å²) < 4.78 is 178. The third-order valence-corrected chi connectivity index (χ3v) is 31.9. The van der Waals surface area contributed by atoms with E-state index in [9.17, 15) is 67.5 Å². The number of aromatic amines is 2. The number of alkyl halides is 1. The number of fused-ring (bicyclic) bond motifs is 15. The van der Waals surface area contributed by atoms with Crippen molar-refractivity contribution in [3.63, 3.8) is 0 Å². The van der Waals surface area contributed by atoms with Crippen LogP contribution >= 0.6 is 55.7 Å². The number of nitrogens with two attached hydrogens (primary N) is 6. The zero-order valence-corrected chi connectivity index (χ0v) is 74.5. The predicted molar refractivity (Wildman–Crippen MR) is 467 cm³/mol. The number of nitrogens with zero attached hydrogens (tertiary/aromatic N) is 19. The van der Waals surface area contributed by atoms with Gasteiger partial charge in [-0.1, -0.05) is 17.5 Å². The van der Waals surface area contributed by atoms with Crippen LogP contribution in [0.1, 0.15) is 43.8 Å². The van der Waals surface area contributed by atoms with Crippen molar-refractivity contribution in [2.24, 2.45) is 17.8 Å². The number of hydrogen-bond acceptors (Lipinski definition) is 46. The number of hydrogen-bond donors (Lipinski definition) is 16. The maximum atomic E-state index is 15.9. The fourth-order valence-electron chi connectivity index (χ4n) is 17.1. The highest BCUT2D eigenvalue weighted by molar-refractivity contribution is 8.46. The molecule has 67 heteroatoms. The van der Waals surface area contributed by atoms with Gasteiger partial charge >= 0.3 is 22.1 Å². The number of phosphoric acid groups is 1. The molecule has 21 rings (SSSR count). The van der Waals surface area contributed by atoms with E-state index in [2.05, 4.69) is 87.4 Å². The monoisotopic (exact) mass is 2010 g/mol. The van der Waals surface area contributed by atoms with Crippen molar-refractivity contribution in [3.8, 4) is 0 Å².